The van der Waals surface area contributed by atoms with Crippen molar-refractivity contribution in [3.8, 4) is 5.82 Å². The van der Waals surface area contributed by atoms with Crippen molar-refractivity contribution >= 4 is 55.0 Å². The number of fused-ring (bicyclic) bond motifs is 2. The van der Waals surface area contributed by atoms with Crippen LogP contribution in [0.25, 0.3) is 26.9 Å². The van der Waals surface area contributed by atoms with Crippen LogP contribution in [0, 0.1) is 6.92 Å². The third-order valence-corrected chi connectivity index (χ3v) is 5.39. The van der Waals surface area contributed by atoms with E-state index in [4.69, 9.17) is 16.6 Å². The molecule has 0 fully saturated rings. The van der Waals surface area contributed by atoms with Crippen LogP contribution in [0.5, 0.6) is 0 Å². The van der Waals surface area contributed by atoms with Gasteiger partial charge in [0, 0.05) is 16.5 Å². The number of halogens is 1. The van der Waals surface area contributed by atoms with E-state index in [9.17, 15) is 0 Å². The van der Waals surface area contributed by atoms with E-state index >= 15 is 0 Å². The highest BCUT2D eigenvalue weighted by atomic mass is 35.5. The molecule has 5 aromatic rings. The van der Waals surface area contributed by atoms with Gasteiger partial charge in [-0.3, -0.25) is 0 Å². The van der Waals surface area contributed by atoms with E-state index in [0.717, 1.165) is 43.6 Å². The predicted molar refractivity (Wildman–Crippen MR) is 112 cm³/mol. The van der Waals surface area contributed by atoms with Gasteiger partial charge in [0.05, 0.1) is 21.4 Å². The molecule has 0 atom stereocenters. The molecule has 5 nitrogen and oxygen atoms in total. The molecule has 0 bridgehead atoms. The Hall–Kier alpha value is -2.96. The number of anilines is 2. The normalized spacial score (nSPS) is 11.3. The lowest BCUT2D eigenvalue weighted by Gasteiger charge is -2.08. The van der Waals surface area contributed by atoms with Gasteiger partial charge in [0.2, 0.25) is 0 Å². The molecule has 5 rings (SSSR count). The van der Waals surface area contributed by atoms with Gasteiger partial charge in [0.1, 0.15) is 5.82 Å². The number of pyridine rings is 1. The first-order chi connectivity index (χ1) is 13.2. The molecule has 0 amide bonds. The summed E-state index contributed by atoms with van der Waals surface area (Å²) in [7, 11) is 0. The molecule has 0 radical (unpaired) electrons. The third-order valence-electron chi connectivity index (χ3n) is 4.22. The van der Waals surface area contributed by atoms with Gasteiger partial charge >= 0.3 is 0 Å². The average Bonchev–Trinajstić information content (AvgIpc) is 3.23. The fourth-order valence-electron chi connectivity index (χ4n) is 3.00. The van der Waals surface area contributed by atoms with Crippen molar-refractivity contribution in [1.82, 2.24) is 19.7 Å². The Morgan fingerprint density at radius 3 is 2.78 bits per heavy atom. The van der Waals surface area contributed by atoms with Crippen molar-refractivity contribution in [1.29, 1.82) is 0 Å². The molecule has 0 saturated heterocycles. The van der Waals surface area contributed by atoms with Gasteiger partial charge in [-0.1, -0.05) is 41.1 Å². The Morgan fingerprint density at radius 2 is 1.85 bits per heavy atom. The maximum Gasteiger partial charge on any atom is 0.189 e. The van der Waals surface area contributed by atoms with E-state index in [2.05, 4.69) is 21.5 Å². The van der Waals surface area contributed by atoms with Crippen LogP contribution in [0.15, 0.2) is 60.7 Å². The summed E-state index contributed by atoms with van der Waals surface area (Å²) >= 11 is 7.63. The van der Waals surface area contributed by atoms with Crippen molar-refractivity contribution in [3.05, 3.63) is 71.4 Å². The molecule has 0 aliphatic carbocycles. The lowest BCUT2D eigenvalue weighted by molar-refractivity contribution is 0.844. The predicted octanol–water partition coefficient (Wildman–Crippen LogP) is 5.74. The van der Waals surface area contributed by atoms with E-state index in [0.29, 0.717) is 5.02 Å². The summed E-state index contributed by atoms with van der Waals surface area (Å²) in [5.74, 6) is 1.58. The van der Waals surface area contributed by atoms with E-state index in [-0.39, 0.29) is 0 Å². The molecule has 7 heteroatoms. The highest BCUT2D eigenvalue weighted by Gasteiger charge is 2.12. The maximum absolute atomic E-state index is 6.08. The fourth-order valence-corrected chi connectivity index (χ4v) is 4.15. The number of aromatic nitrogens is 4. The van der Waals surface area contributed by atoms with Gasteiger partial charge in [-0.25, -0.2) is 9.97 Å². The molecule has 27 heavy (non-hydrogen) atoms. The number of aryl methyl sites for hydroxylation is 1. The minimum atomic E-state index is 0.707. The lowest BCUT2D eigenvalue weighted by Crippen LogP contribution is -2.04. The van der Waals surface area contributed by atoms with Crippen LogP contribution in [-0.4, -0.2) is 19.7 Å². The van der Waals surface area contributed by atoms with Gasteiger partial charge in [-0.05, 0) is 43.3 Å². The molecule has 3 aromatic heterocycles. The van der Waals surface area contributed by atoms with Crippen molar-refractivity contribution in [2.75, 3.05) is 5.32 Å². The van der Waals surface area contributed by atoms with Crippen LogP contribution in [0.2, 0.25) is 5.02 Å². The van der Waals surface area contributed by atoms with Gasteiger partial charge in [-0.15, -0.1) is 0 Å². The molecule has 0 aliphatic heterocycles. The average molecular weight is 392 g/mol. The zero-order valence-corrected chi connectivity index (χ0v) is 15.9. The SMILES string of the molecule is Cc1cc(Nc2nc3ccc(Cl)cc3s2)n(-c2ccc3ccccc3n2)n1. The second-order valence-electron chi connectivity index (χ2n) is 6.20. The van der Waals surface area contributed by atoms with Crippen LogP contribution in [0.4, 0.5) is 10.9 Å². The maximum atomic E-state index is 6.08. The second kappa shape index (κ2) is 6.33. The first-order valence-corrected chi connectivity index (χ1v) is 9.61. The zero-order chi connectivity index (χ0) is 18.4. The molecular weight excluding hydrogens is 378 g/mol. The summed E-state index contributed by atoms with van der Waals surface area (Å²) in [5.41, 5.74) is 2.75. The Labute approximate surface area is 164 Å². The molecule has 0 aliphatic rings. The zero-order valence-electron chi connectivity index (χ0n) is 14.3. The number of hydrogen-bond donors (Lipinski definition) is 1. The van der Waals surface area contributed by atoms with Gasteiger partial charge < -0.3 is 5.32 Å². The molecule has 2 aromatic carbocycles. The van der Waals surface area contributed by atoms with E-state index < -0.39 is 0 Å². The number of hydrogen-bond acceptors (Lipinski definition) is 5. The fraction of sp³-hybridized carbons (Fsp3) is 0.0500. The number of para-hydroxylation sites is 1. The summed E-state index contributed by atoms with van der Waals surface area (Å²) < 4.78 is 2.84. The van der Waals surface area contributed by atoms with Crippen LogP contribution in [0.1, 0.15) is 5.69 Å². The molecule has 0 saturated carbocycles. The van der Waals surface area contributed by atoms with Crippen LogP contribution in [-0.2, 0) is 0 Å². The Morgan fingerprint density at radius 1 is 0.963 bits per heavy atom. The summed E-state index contributed by atoms with van der Waals surface area (Å²) in [6.45, 7) is 1.96. The van der Waals surface area contributed by atoms with Crippen LogP contribution < -0.4 is 5.32 Å². The van der Waals surface area contributed by atoms with Gasteiger partial charge in [0.25, 0.3) is 0 Å². The summed E-state index contributed by atoms with van der Waals surface area (Å²) in [5, 5.41) is 10.6. The highest BCUT2D eigenvalue weighted by Crippen LogP contribution is 2.31. The standard InChI is InChI=1S/C20H14ClN5S/c1-12-10-19(24-20-23-16-8-7-14(21)11-17(16)27-20)26(25-12)18-9-6-13-4-2-3-5-15(13)22-18/h2-11H,1H3,(H,23,24). The number of nitrogens with zero attached hydrogens (tertiary/aromatic N) is 4. The molecule has 1 N–H and O–H groups in total. The molecule has 0 unspecified atom stereocenters. The third kappa shape index (κ3) is 3.03. The summed E-state index contributed by atoms with van der Waals surface area (Å²) in [4.78, 5) is 9.37. The summed E-state index contributed by atoms with van der Waals surface area (Å²) in [6, 6.07) is 19.7. The summed E-state index contributed by atoms with van der Waals surface area (Å²) in [6.07, 6.45) is 0. The quantitative estimate of drug-likeness (QED) is 0.426. The number of nitrogens with one attached hydrogen (secondary N) is 1. The Bertz CT molecular complexity index is 1290. The molecular formula is C20H14ClN5S. The molecule has 3 heterocycles. The van der Waals surface area contributed by atoms with Crippen molar-refractivity contribution in [2.45, 2.75) is 6.92 Å². The topological polar surface area (TPSA) is 55.6 Å². The lowest BCUT2D eigenvalue weighted by atomic mass is 10.2. The number of thiazole rings is 1. The molecule has 132 valence electrons. The minimum absolute atomic E-state index is 0.707. The number of benzene rings is 2. The van der Waals surface area contributed by atoms with Crippen LogP contribution >= 0.6 is 22.9 Å². The van der Waals surface area contributed by atoms with E-state index in [1.165, 1.54) is 0 Å². The van der Waals surface area contributed by atoms with Crippen molar-refractivity contribution in [2.24, 2.45) is 0 Å². The first-order valence-electron chi connectivity index (χ1n) is 8.42. The minimum Gasteiger partial charge on any atom is -0.316 e. The second-order valence-corrected chi connectivity index (χ2v) is 7.67. The largest absolute Gasteiger partial charge is 0.316 e. The van der Waals surface area contributed by atoms with E-state index in [1.54, 1.807) is 16.0 Å². The Kier molecular flexibility index (Phi) is 3.81. The number of rotatable bonds is 3. The van der Waals surface area contributed by atoms with E-state index in [1.807, 2.05) is 61.5 Å². The highest BCUT2D eigenvalue weighted by molar-refractivity contribution is 7.22. The van der Waals surface area contributed by atoms with Gasteiger partial charge in [0.15, 0.2) is 10.9 Å². The van der Waals surface area contributed by atoms with Gasteiger partial charge in [-0.2, -0.15) is 9.78 Å². The van der Waals surface area contributed by atoms with Crippen molar-refractivity contribution in [3.63, 3.8) is 0 Å². The first kappa shape index (κ1) is 16.2. The smallest absolute Gasteiger partial charge is 0.189 e. The van der Waals surface area contributed by atoms with Crippen LogP contribution in [0.3, 0.4) is 0 Å². The monoisotopic (exact) mass is 391 g/mol. The Balaban J connectivity index is 1.56. The molecule has 0 spiro atoms. The van der Waals surface area contributed by atoms with Crippen molar-refractivity contribution < 1.29 is 0 Å².